The van der Waals surface area contributed by atoms with Crippen molar-refractivity contribution >= 4 is 23.2 Å². The average Bonchev–Trinajstić information content (AvgIpc) is 2.71. The van der Waals surface area contributed by atoms with Crippen LogP contribution in [0.15, 0.2) is 48.5 Å². The lowest BCUT2D eigenvalue weighted by molar-refractivity contribution is -0.136. The number of amides is 2. The number of nitrogens with zero attached hydrogens (tertiary/aromatic N) is 2. The van der Waals surface area contributed by atoms with Gasteiger partial charge in [0.2, 0.25) is 0 Å². The first-order chi connectivity index (χ1) is 13.5. The summed E-state index contributed by atoms with van der Waals surface area (Å²) in [7, 11) is 2.13. The zero-order valence-electron chi connectivity index (χ0n) is 16.0. The SMILES string of the molecule is CN1CCN(c2ccc(CCNC(=O)C(=O)Nc3ccccc3F)cc2)CC1. The number of piperazine rings is 1. The first-order valence-electron chi connectivity index (χ1n) is 9.39. The van der Waals surface area contributed by atoms with Crippen molar-refractivity contribution in [1.82, 2.24) is 10.2 Å². The predicted octanol–water partition coefficient (Wildman–Crippen LogP) is 1.87. The molecule has 1 aliphatic rings. The Morgan fingerprint density at radius 2 is 1.64 bits per heavy atom. The number of carbonyl (C=O) groups excluding carboxylic acids is 2. The summed E-state index contributed by atoms with van der Waals surface area (Å²) >= 11 is 0. The molecule has 1 fully saturated rings. The molecule has 6 nitrogen and oxygen atoms in total. The van der Waals surface area contributed by atoms with E-state index in [4.69, 9.17) is 0 Å². The highest BCUT2D eigenvalue weighted by molar-refractivity contribution is 6.39. The number of likely N-dealkylation sites (N-methyl/N-ethyl adjacent to an activating group) is 1. The minimum atomic E-state index is -0.879. The van der Waals surface area contributed by atoms with Crippen LogP contribution in [0.4, 0.5) is 15.8 Å². The number of carbonyl (C=O) groups is 2. The molecule has 2 N–H and O–H groups in total. The van der Waals surface area contributed by atoms with Crippen molar-refractivity contribution in [2.75, 3.05) is 50.0 Å². The summed E-state index contributed by atoms with van der Waals surface area (Å²) in [6, 6.07) is 14.0. The molecule has 0 saturated carbocycles. The van der Waals surface area contributed by atoms with Gasteiger partial charge >= 0.3 is 11.8 Å². The molecule has 0 spiro atoms. The molecule has 0 radical (unpaired) electrons. The molecule has 3 rings (SSSR count). The van der Waals surface area contributed by atoms with Crippen LogP contribution in [0.3, 0.4) is 0 Å². The number of rotatable bonds is 5. The lowest BCUT2D eigenvalue weighted by Gasteiger charge is -2.34. The van der Waals surface area contributed by atoms with Gasteiger partial charge in [0.15, 0.2) is 0 Å². The van der Waals surface area contributed by atoms with Crippen LogP contribution in [-0.4, -0.2) is 56.5 Å². The molecule has 1 saturated heterocycles. The Morgan fingerprint density at radius 3 is 2.32 bits per heavy atom. The third-order valence-corrected chi connectivity index (χ3v) is 4.83. The maximum absolute atomic E-state index is 13.5. The molecule has 2 amide bonds. The average molecular weight is 384 g/mol. The molecule has 2 aromatic rings. The van der Waals surface area contributed by atoms with Crippen molar-refractivity contribution in [3.05, 3.63) is 59.9 Å². The highest BCUT2D eigenvalue weighted by Crippen LogP contribution is 2.17. The number of nitrogens with one attached hydrogen (secondary N) is 2. The van der Waals surface area contributed by atoms with E-state index >= 15 is 0 Å². The Labute approximate surface area is 164 Å². The monoisotopic (exact) mass is 384 g/mol. The van der Waals surface area contributed by atoms with Gasteiger partial charge in [0, 0.05) is 38.4 Å². The number of halogens is 1. The fourth-order valence-electron chi connectivity index (χ4n) is 3.08. The maximum atomic E-state index is 13.5. The summed E-state index contributed by atoms with van der Waals surface area (Å²) in [4.78, 5) is 28.4. The van der Waals surface area contributed by atoms with E-state index in [9.17, 15) is 14.0 Å². The van der Waals surface area contributed by atoms with Crippen LogP contribution in [0, 0.1) is 5.82 Å². The molecule has 7 heteroatoms. The summed E-state index contributed by atoms with van der Waals surface area (Å²) in [6.07, 6.45) is 0.613. The van der Waals surface area contributed by atoms with E-state index < -0.39 is 17.6 Å². The van der Waals surface area contributed by atoms with Gasteiger partial charge in [0.05, 0.1) is 5.69 Å². The first kappa shape index (κ1) is 19.8. The summed E-state index contributed by atoms with van der Waals surface area (Å²) < 4.78 is 13.5. The Bertz CT molecular complexity index is 817. The van der Waals surface area contributed by atoms with E-state index in [0.29, 0.717) is 13.0 Å². The van der Waals surface area contributed by atoms with Crippen LogP contribution < -0.4 is 15.5 Å². The Hall–Kier alpha value is -2.93. The second-order valence-corrected chi connectivity index (χ2v) is 6.90. The quantitative estimate of drug-likeness (QED) is 0.773. The normalized spacial score (nSPS) is 14.6. The minimum absolute atomic E-state index is 0.0119. The highest BCUT2D eigenvalue weighted by atomic mass is 19.1. The van der Waals surface area contributed by atoms with Crippen molar-refractivity contribution in [2.24, 2.45) is 0 Å². The number of hydrogen-bond donors (Lipinski definition) is 2. The van der Waals surface area contributed by atoms with E-state index in [1.807, 2.05) is 12.1 Å². The molecule has 1 heterocycles. The number of benzene rings is 2. The van der Waals surface area contributed by atoms with Gasteiger partial charge in [-0.1, -0.05) is 24.3 Å². The minimum Gasteiger partial charge on any atom is -0.369 e. The standard InChI is InChI=1S/C21H25FN4O2/c1-25-12-14-26(15-13-25)17-8-6-16(7-9-17)10-11-23-20(27)21(28)24-19-5-3-2-4-18(19)22/h2-9H,10-15H2,1H3,(H,23,27)(H,24,28). The second kappa shape index (κ2) is 9.32. The van der Waals surface area contributed by atoms with Crippen molar-refractivity contribution in [1.29, 1.82) is 0 Å². The third-order valence-electron chi connectivity index (χ3n) is 4.83. The van der Waals surface area contributed by atoms with Gasteiger partial charge in [0.25, 0.3) is 0 Å². The smallest absolute Gasteiger partial charge is 0.313 e. The fourth-order valence-corrected chi connectivity index (χ4v) is 3.08. The Balaban J connectivity index is 1.43. The molecule has 0 unspecified atom stereocenters. The van der Waals surface area contributed by atoms with Crippen molar-refractivity contribution in [3.8, 4) is 0 Å². The molecular weight excluding hydrogens is 359 g/mol. The summed E-state index contributed by atoms with van der Waals surface area (Å²) in [5.41, 5.74) is 2.26. The van der Waals surface area contributed by atoms with Crippen LogP contribution in [0.2, 0.25) is 0 Å². The molecule has 0 aliphatic carbocycles. The zero-order chi connectivity index (χ0) is 19.9. The summed E-state index contributed by atoms with van der Waals surface area (Å²) in [6.45, 7) is 4.48. The van der Waals surface area contributed by atoms with Crippen LogP contribution in [0.25, 0.3) is 0 Å². The summed E-state index contributed by atoms with van der Waals surface area (Å²) in [5, 5.41) is 4.83. The van der Waals surface area contributed by atoms with Gasteiger partial charge in [-0.15, -0.1) is 0 Å². The largest absolute Gasteiger partial charge is 0.369 e. The molecule has 0 atom stereocenters. The Morgan fingerprint density at radius 1 is 0.964 bits per heavy atom. The third kappa shape index (κ3) is 5.29. The molecular formula is C21H25FN4O2. The number of anilines is 2. The topological polar surface area (TPSA) is 64.7 Å². The van der Waals surface area contributed by atoms with Crippen molar-refractivity contribution < 1.29 is 14.0 Å². The number of hydrogen-bond acceptors (Lipinski definition) is 4. The van der Waals surface area contributed by atoms with E-state index in [0.717, 1.165) is 31.7 Å². The first-order valence-corrected chi connectivity index (χ1v) is 9.39. The van der Waals surface area contributed by atoms with Crippen molar-refractivity contribution in [3.63, 3.8) is 0 Å². The summed E-state index contributed by atoms with van der Waals surface area (Å²) in [5.74, 6) is -2.24. The molecule has 2 aromatic carbocycles. The molecule has 1 aliphatic heterocycles. The van der Waals surface area contributed by atoms with E-state index in [-0.39, 0.29) is 5.69 Å². The fraction of sp³-hybridized carbons (Fsp3) is 0.333. The number of para-hydroxylation sites is 1. The lowest BCUT2D eigenvalue weighted by atomic mass is 10.1. The van der Waals surface area contributed by atoms with Gasteiger partial charge in [-0.3, -0.25) is 9.59 Å². The molecule has 0 aromatic heterocycles. The highest BCUT2D eigenvalue weighted by Gasteiger charge is 2.15. The van der Waals surface area contributed by atoms with Gasteiger partial charge < -0.3 is 20.4 Å². The van der Waals surface area contributed by atoms with E-state index in [1.54, 1.807) is 6.07 Å². The second-order valence-electron chi connectivity index (χ2n) is 6.90. The van der Waals surface area contributed by atoms with Gasteiger partial charge in [-0.25, -0.2) is 4.39 Å². The van der Waals surface area contributed by atoms with Crippen LogP contribution in [0.5, 0.6) is 0 Å². The van der Waals surface area contributed by atoms with Gasteiger partial charge in [0.1, 0.15) is 5.82 Å². The molecule has 28 heavy (non-hydrogen) atoms. The molecule has 0 bridgehead atoms. The van der Waals surface area contributed by atoms with Gasteiger partial charge in [-0.05, 0) is 43.3 Å². The predicted molar refractivity (Wildman–Crippen MR) is 108 cm³/mol. The maximum Gasteiger partial charge on any atom is 0.313 e. The van der Waals surface area contributed by atoms with E-state index in [1.165, 1.54) is 23.9 Å². The molecule has 148 valence electrons. The van der Waals surface area contributed by atoms with Crippen LogP contribution in [0.1, 0.15) is 5.56 Å². The van der Waals surface area contributed by atoms with Crippen LogP contribution >= 0.6 is 0 Å². The van der Waals surface area contributed by atoms with Crippen LogP contribution in [-0.2, 0) is 16.0 Å². The van der Waals surface area contributed by atoms with E-state index in [2.05, 4.69) is 39.6 Å². The Kier molecular flexibility index (Phi) is 6.60. The van der Waals surface area contributed by atoms with Gasteiger partial charge in [-0.2, -0.15) is 0 Å². The van der Waals surface area contributed by atoms with Crippen molar-refractivity contribution in [2.45, 2.75) is 6.42 Å². The zero-order valence-corrected chi connectivity index (χ0v) is 16.0. The lowest BCUT2D eigenvalue weighted by Crippen LogP contribution is -2.44.